The van der Waals surface area contributed by atoms with Crippen LogP contribution in [-0.2, 0) is 0 Å². The van der Waals surface area contributed by atoms with Crippen LogP contribution < -0.4 is 5.73 Å². The first-order valence-electron chi connectivity index (χ1n) is 5.36. The Balaban J connectivity index is 1.99. The summed E-state index contributed by atoms with van der Waals surface area (Å²) in [5.74, 6) is 2.88. The van der Waals surface area contributed by atoms with Crippen molar-refractivity contribution in [2.75, 3.05) is 0 Å². The molecule has 2 aliphatic rings. The van der Waals surface area contributed by atoms with Crippen molar-refractivity contribution < 1.29 is 0 Å². The molecule has 70 valence electrons. The van der Waals surface area contributed by atoms with E-state index in [1.165, 1.54) is 32.1 Å². The molecule has 2 rings (SSSR count). The van der Waals surface area contributed by atoms with E-state index in [1.807, 2.05) is 0 Å². The lowest BCUT2D eigenvalue weighted by Crippen LogP contribution is -2.39. The Labute approximate surface area is 75.7 Å². The van der Waals surface area contributed by atoms with Gasteiger partial charge in [0.2, 0.25) is 0 Å². The summed E-state index contributed by atoms with van der Waals surface area (Å²) in [6.07, 6.45) is 7.27. The van der Waals surface area contributed by atoms with Gasteiger partial charge in [0.1, 0.15) is 0 Å². The minimum absolute atomic E-state index is 0.0738. The van der Waals surface area contributed by atoms with Gasteiger partial charge in [-0.2, -0.15) is 0 Å². The maximum atomic E-state index is 6.14. The van der Waals surface area contributed by atoms with Gasteiger partial charge < -0.3 is 5.73 Å². The highest BCUT2D eigenvalue weighted by Gasteiger charge is 2.41. The van der Waals surface area contributed by atoms with Crippen molar-refractivity contribution in [2.45, 2.75) is 51.5 Å². The van der Waals surface area contributed by atoms with Gasteiger partial charge in [-0.15, -0.1) is 0 Å². The van der Waals surface area contributed by atoms with Crippen LogP contribution in [0, 0.1) is 17.8 Å². The number of hydrogen-bond acceptors (Lipinski definition) is 1. The molecule has 12 heavy (non-hydrogen) atoms. The first-order chi connectivity index (χ1) is 5.57. The van der Waals surface area contributed by atoms with Gasteiger partial charge in [-0.05, 0) is 44.4 Å². The van der Waals surface area contributed by atoms with Crippen molar-refractivity contribution in [2.24, 2.45) is 23.5 Å². The molecule has 0 radical (unpaired) electrons. The topological polar surface area (TPSA) is 26.0 Å². The van der Waals surface area contributed by atoms with E-state index in [4.69, 9.17) is 5.73 Å². The van der Waals surface area contributed by atoms with Crippen LogP contribution in [-0.4, -0.2) is 5.54 Å². The fourth-order valence-corrected chi connectivity index (χ4v) is 3.17. The highest BCUT2D eigenvalue weighted by atomic mass is 14.7. The Morgan fingerprint density at radius 1 is 1.08 bits per heavy atom. The first-order valence-corrected chi connectivity index (χ1v) is 5.36. The molecule has 2 N–H and O–H groups in total. The molecule has 0 spiro atoms. The van der Waals surface area contributed by atoms with Crippen molar-refractivity contribution in [3.8, 4) is 0 Å². The first kappa shape index (κ1) is 8.55. The minimum Gasteiger partial charge on any atom is -0.325 e. The van der Waals surface area contributed by atoms with Crippen LogP contribution >= 0.6 is 0 Å². The van der Waals surface area contributed by atoms with Crippen LogP contribution in [0.3, 0.4) is 0 Å². The molecule has 2 unspecified atom stereocenters. The Kier molecular flexibility index (Phi) is 1.95. The smallest absolute Gasteiger partial charge is 0.0126 e. The summed E-state index contributed by atoms with van der Waals surface area (Å²) in [6, 6.07) is 0. The van der Waals surface area contributed by atoms with Crippen LogP contribution in [0.25, 0.3) is 0 Å². The Morgan fingerprint density at radius 3 is 2.00 bits per heavy atom. The van der Waals surface area contributed by atoms with Gasteiger partial charge in [-0.1, -0.05) is 19.3 Å². The zero-order valence-electron chi connectivity index (χ0n) is 8.34. The summed E-state index contributed by atoms with van der Waals surface area (Å²) in [5.41, 5.74) is 6.22. The predicted octanol–water partition coefficient (Wildman–Crippen LogP) is 2.55. The fourth-order valence-electron chi connectivity index (χ4n) is 3.17. The number of fused-ring (bicyclic) bond motifs is 1. The molecule has 0 saturated heterocycles. The molecule has 2 saturated carbocycles. The molecule has 2 aliphatic carbocycles. The second-order valence-corrected chi connectivity index (χ2v) is 5.44. The fraction of sp³-hybridized carbons (Fsp3) is 1.00. The van der Waals surface area contributed by atoms with Gasteiger partial charge in [0, 0.05) is 5.54 Å². The molecule has 2 atom stereocenters. The maximum absolute atomic E-state index is 6.14. The average molecular weight is 167 g/mol. The standard InChI is InChI=1S/C11H21N/c1-11(2,12)10-6-8-4-3-5-9(8)7-10/h8-10H,3-7,12H2,1-2H3. The lowest BCUT2D eigenvalue weighted by molar-refractivity contribution is 0.308. The van der Waals surface area contributed by atoms with Gasteiger partial charge in [0.15, 0.2) is 0 Å². The highest BCUT2D eigenvalue weighted by Crippen LogP contribution is 2.49. The molecule has 1 nitrogen and oxygen atoms in total. The van der Waals surface area contributed by atoms with E-state index < -0.39 is 0 Å². The highest BCUT2D eigenvalue weighted by molar-refractivity contribution is 4.95. The lowest BCUT2D eigenvalue weighted by atomic mass is 9.85. The van der Waals surface area contributed by atoms with Crippen LogP contribution in [0.4, 0.5) is 0 Å². The molecule has 0 aromatic carbocycles. The molecule has 2 fully saturated rings. The monoisotopic (exact) mass is 167 g/mol. The van der Waals surface area contributed by atoms with Gasteiger partial charge in [-0.25, -0.2) is 0 Å². The quantitative estimate of drug-likeness (QED) is 0.638. The van der Waals surface area contributed by atoms with Crippen molar-refractivity contribution in [3.05, 3.63) is 0 Å². The maximum Gasteiger partial charge on any atom is 0.0126 e. The van der Waals surface area contributed by atoms with E-state index in [0.717, 1.165) is 17.8 Å². The van der Waals surface area contributed by atoms with Crippen LogP contribution in [0.1, 0.15) is 46.0 Å². The average Bonchev–Trinajstić information content (AvgIpc) is 2.37. The van der Waals surface area contributed by atoms with Crippen molar-refractivity contribution in [3.63, 3.8) is 0 Å². The predicted molar refractivity (Wildman–Crippen MR) is 51.8 cm³/mol. The van der Waals surface area contributed by atoms with E-state index in [-0.39, 0.29) is 5.54 Å². The zero-order valence-corrected chi connectivity index (χ0v) is 8.34. The number of rotatable bonds is 1. The van der Waals surface area contributed by atoms with Crippen molar-refractivity contribution >= 4 is 0 Å². The molecular formula is C11H21N. The van der Waals surface area contributed by atoms with E-state index in [9.17, 15) is 0 Å². The summed E-state index contributed by atoms with van der Waals surface area (Å²) < 4.78 is 0. The number of hydrogen-bond donors (Lipinski definition) is 1. The summed E-state index contributed by atoms with van der Waals surface area (Å²) in [5, 5.41) is 0. The van der Waals surface area contributed by atoms with Gasteiger partial charge in [-0.3, -0.25) is 0 Å². The zero-order chi connectivity index (χ0) is 8.77. The molecule has 0 aromatic heterocycles. The van der Waals surface area contributed by atoms with E-state index in [0.29, 0.717) is 0 Å². The summed E-state index contributed by atoms with van der Waals surface area (Å²) in [7, 11) is 0. The normalized spacial score (nSPS) is 41.8. The van der Waals surface area contributed by atoms with Gasteiger partial charge in [0.25, 0.3) is 0 Å². The lowest BCUT2D eigenvalue weighted by Gasteiger charge is -2.27. The summed E-state index contributed by atoms with van der Waals surface area (Å²) in [4.78, 5) is 0. The molecule has 0 aromatic rings. The third-order valence-electron chi connectivity index (χ3n) is 4.04. The SMILES string of the molecule is CC(C)(N)C1CC2CCCC2C1. The molecular weight excluding hydrogens is 146 g/mol. The minimum atomic E-state index is 0.0738. The third kappa shape index (κ3) is 1.39. The van der Waals surface area contributed by atoms with Gasteiger partial charge >= 0.3 is 0 Å². The van der Waals surface area contributed by atoms with E-state index in [2.05, 4.69) is 13.8 Å². The van der Waals surface area contributed by atoms with Crippen LogP contribution in [0.2, 0.25) is 0 Å². The third-order valence-corrected chi connectivity index (χ3v) is 4.04. The van der Waals surface area contributed by atoms with E-state index >= 15 is 0 Å². The van der Waals surface area contributed by atoms with E-state index in [1.54, 1.807) is 0 Å². The Hall–Kier alpha value is -0.0400. The van der Waals surface area contributed by atoms with Crippen molar-refractivity contribution in [1.29, 1.82) is 0 Å². The van der Waals surface area contributed by atoms with Crippen LogP contribution in [0.15, 0.2) is 0 Å². The largest absolute Gasteiger partial charge is 0.325 e. The molecule has 0 amide bonds. The van der Waals surface area contributed by atoms with Crippen molar-refractivity contribution in [1.82, 2.24) is 0 Å². The Bertz CT molecular complexity index is 156. The molecule has 0 bridgehead atoms. The summed E-state index contributed by atoms with van der Waals surface area (Å²) in [6.45, 7) is 4.39. The summed E-state index contributed by atoms with van der Waals surface area (Å²) >= 11 is 0. The molecule has 1 heteroatoms. The molecule has 0 aliphatic heterocycles. The number of nitrogens with two attached hydrogens (primary N) is 1. The second-order valence-electron chi connectivity index (χ2n) is 5.44. The second kappa shape index (κ2) is 2.73. The Morgan fingerprint density at radius 2 is 1.58 bits per heavy atom. The van der Waals surface area contributed by atoms with Crippen LogP contribution in [0.5, 0.6) is 0 Å². The van der Waals surface area contributed by atoms with Gasteiger partial charge in [0.05, 0.1) is 0 Å². The molecule has 0 heterocycles.